The van der Waals surface area contributed by atoms with E-state index in [1.165, 1.54) is 11.8 Å². The number of nitrogens with one attached hydrogen (secondary N) is 1. The van der Waals surface area contributed by atoms with Gasteiger partial charge in [-0.3, -0.25) is 4.99 Å². The topological polar surface area (TPSA) is 90.8 Å². The Kier molecular flexibility index (Phi) is 14.7. The van der Waals surface area contributed by atoms with Gasteiger partial charge in [0.1, 0.15) is 35.2 Å². The molecule has 0 radical (unpaired) electrons. The Morgan fingerprint density at radius 3 is 1.95 bits per heavy atom. The second kappa shape index (κ2) is 17.7. The molecule has 214 valence electrons. The Hall–Kier alpha value is -2.82. The third-order valence-electron chi connectivity index (χ3n) is 6.06. The minimum atomic E-state index is -1.30. The highest BCUT2D eigenvalue weighted by molar-refractivity contribution is 8.13. The second-order valence-corrected chi connectivity index (χ2v) is 9.69. The van der Waals surface area contributed by atoms with E-state index in [1.54, 1.807) is 40.5 Å². The van der Waals surface area contributed by atoms with E-state index in [9.17, 15) is 5.11 Å². The van der Waals surface area contributed by atoms with Gasteiger partial charge in [-0.2, -0.15) is 0 Å². The van der Waals surface area contributed by atoms with Crippen molar-refractivity contribution in [3.63, 3.8) is 0 Å². The smallest absolute Gasteiger partial charge is 0.158 e. The maximum absolute atomic E-state index is 11.8. The highest BCUT2D eigenvalue weighted by Gasteiger charge is 2.42. The molecular formula is C30H42N2O6S. The van der Waals surface area contributed by atoms with Crippen LogP contribution in [0.25, 0.3) is 0 Å². The molecule has 8 nitrogen and oxygen atoms in total. The number of aliphatic imine (C=N–C) groups is 1. The van der Waals surface area contributed by atoms with Gasteiger partial charge in [-0.05, 0) is 48.2 Å². The van der Waals surface area contributed by atoms with Crippen LogP contribution in [-0.2, 0) is 27.4 Å². The fourth-order valence-corrected chi connectivity index (χ4v) is 4.60. The van der Waals surface area contributed by atoms with Gasteiger partial charge < -0.3 is 34.1 Å². The lowest BCUT2D eigenvalue weighted by atomic mass is 9.86. The van der Waals surface area contributed by atoms with Gasteiger partial charge in [0.05, 0.1) is 34.0 Å². The first-order valence-electron chi connectivity index (χ1n) is 12.7. The molecule has 39 heavy (non-hydrogen) atoms. The lowest BCUT2D eigenvalue weighted by molar-refractivity contribution is -0.177. The van der Waals surface area contributed by atoms with Crippen LogP contribution in [0.1, 0.15) is 24.0 Å². The number of methoxy groups -OCH3 is 2. The van der Waals surface area contributed by atoms with Crippen molar-refractivity contribution in [3.05, 3.63) is 85.0 Å². The molecule has 2 rings (SSSR count). The van der Waals surface area contributed by atoms with E-state index in [2.05, 4.69) is 23.5 Å². The monoisotopic (exact) mass is 558 g/mol. The zero-order chi connectivity index (χ0) is 28.5. The van der Waals surface area contributed by atoms with Crippen LogP contribution >= 0.6 is 11.8 Å². The summed E-state index contributed by atoms with van der Waals surface area (Å²) in [5.41, 5.74) is 0.639. The first-order chi connectivity index (χ1) is 18.9. The first-order valence-corrected chi connectivity index (χ1v) is 13.7. The molecule has 2 aromatic carbocycles. The normalized spacial score (nSPS) is 13.4. The van der Waals surface area contributed by atoms with Crippen LogP contribution in [0.2, 0.25) is 0 Å². The number of amidine groups is 1. The summed E-state index contributed by atoms with van der Waals surface area (Å²) in [6, 6.07) is 15.3. The van der Waals surface area contributed by atoms with E-state index in [-0.39, 0.29) is 25.4 Å². The lowest BCUT2D eigenvalue weighted by Crippen LogP contribution is -2.52. The quantitative estimate of drug-likeness (QED) is 0.115. The summed E-state index contributed by atoms with van der Waals surface area (Å²) in [6.07, 6.45) is 2.58. The van der Waals surface area contributed by atoms with Gasteiger partial charge >= 0.3 is 0 Å². The Morgan fingerprint density at radius 2 is 1.49 bits per heavy atom. The van der Waals surface area contributed by atoms with Gasteiger partial charge in [-0.1, -0.05) is 48.2 Å². The van der Waals surface area contributed by atoms with E-state index in [0.717, 1.165) is 27.8 Å². The molecule has 2 N–H and O–H groups in total. The van der Waals surface area contributed by atoms with Gasteiger partial charge in [0.15, 0.2) is 5.17 Å². The number of benzene rings is 2. The van der Waals surface area contributed by atoms with Crippen LogP contribution < -0.4 is 14.8 Å². The fourth-order valence-electron chi connectivity index (χ4n) is 4.00. The summed E-state index contributed by atoms with van der Waals surface area (Å²) < 4.78 is 29.3. The summed E-state index contributed by atoms with van der Waals surface area (Å²) >= 11 is 1.39. The van der Waals surface area contributed by atoms with E-state index in [0.29, 0.717) is 13.2 Å². The van der Waals surface area contributed by atoms with Crippen molar-refractivity contribution in [2.75, 3.05) is 40.9 Å². The average Bonchev–Trinajstić information content (AvgIpc) is 2.96. The van der Waals surface area contributed by atoms with Crippen molar-refractivity contribution in [1.82, 2.24) is 5.32 Å². The number of hydrogen-bond donors (Lipinski definition) is 2. The average molecular weight is 559 g/mol. The minimum absolute atomic E-state index is 0.189. The summed E-state index contributed by atoms with van der Waals surface area (Å²) in [5, 5.41) is 15.5. The number of hydrogen-bond acceptors (Lipinski definition) is 8. The molecule has 0 saturated carbocycles. The Balaban J connectivity index is 2.28. The van der Waals surface area contributed by atoms with E-state index in [1.807, 2.05) is 48.5 Å². The summed E-state index contributed by atoms with van der Waals surface area (Å²) in [4.78, 5) is 4.19. The zero-order valence-corrected chi connectivity index (χ0v) is 24.2. The number of rotatable bonds is 18. The molecular weight excluding hydrogens is 516 g/mol. The number of thioether (sulfide) groups is 1. The van der Waals surface area contributed by atoms with Crippen molar-refractivity contribution in [2.45, 2.75) is 43.9 Å². The Bertz CT molecular complexity index is 1000. The molecule has 9 heteroatoms. The third kappa shape index (κ3) is 10.7. The van der Waals surface area contributed by atoms with E-state index in [4.69, 9.17) is 23.7 Å². The molecule has 2 atom stereocenters. The number of ether oxygens (including phenoxy) is 5. The van der Waals surface area contributed by atoms with Crippen molar-refractivity contribution in [2.24, 2.45) is 4.99 Å². The minimum Gasteiger partial charge on any atom is -0.497 e. The highest BCUT2D eigenvalue weighted by Crippen LogP contribution is 2.30. The van der Waals surface area contributed by atoms with Gasteiger partial charge in [0.25, 0.3) is 0 Å². The molecule has 0 heterocycles. The fraction of sp³-hybridized carbons (Fsp3) is 0.433. The molecule has 0 fully saturated rings. The second-order valence-electron chi connectivity index (χ2n) is 8.78. The van der Waals surface area contributed by atoms with Crippen molar-refractivity contribution < 1.29 is 28.8 Å². The maximum Gasteiger partial charge on any atom is 0.158 e. The molecule has 0 aromatic heterocycles. The lowest BCUT2D eigenvalue weighted by Gasteiger charge is -2.39. The van der Waals surface area contributed by atoms with E-state index >= 15 is 0 Å². The predicted molar refractivity (Wildman–Crippen MR) is 159 cm³/mol. The van der Waals surface area contributed by atoms with Crippen LogP contribution in [0.15, 0.2) is 78.8 Å². The Morgan fingerprint density at radius 1 is 0.949 bits per heavy atom. The number of nitrogens with zero attached hydrogens (tertiary/aromatic N) is 1. The standard InChI is InChI=1S/C30H42N2O6S/c1-7-17-30(33,18-8-2)28(38-22-39-29(31-3)32-4)27(37-20-24-11-15-26(35-6)16-12-24)21-36-19-23-9-13-25(34-5)14-10-23/h7-16,27-28,33H,1-2,17-22H2,3-6H3,(H,31,32)/t27-,28-/m0/s1. The van der Waals surface area contributed by atoms with Gasteiger partial charge in [0.2, 0.25) is 0 Å². The first kappa shape index (κ1) is 32.4. The molecule has 0 spiro atoms. The molecule has 0 aliphatic rings. The van der Waals surface area contributed by atoms with Gasteiger partial charge in [-0.25, -0.2) is 0 Å². The van der Waals surface area contributed by atoms with Crippen molar-refractivity contribution in [1.29, 1.82) is 0 Å². The van der Waals surface area contributed by atoms with Crippen molar-refractivity contribution in [3.8, 4) is 11.5 Å². The molecule has 0 saturated heterocycles. The summed E-state index contributed by atoms with van der Waals surface area (Å²) in [6.45, 7) is 8.55. The highest BCUT2D eigenvalue weighted by atomic mass is 32.2. The maximum atomic E-state index is 11.8. The largest absolute Gasteiger partial charge is 0.497 e. The molecule has 0 bridgehead atoms. The summed E-state index contributed by atoms with van der Waals surface area (Å²) in [5.74, 6) is 1.79. The Labute approximate surface area is 237 Å². The molecule has 0 aliphatic carbocycles. The molecule has 2 aromatic rings. The van der Waals surface area contributed by atoms with E-state index < -0.39 is 17.8 Å². The predicted octanol–water partition coefficient (Wildman–Crippen LogP) is 4.97. The van der Waals surface area contributed by atoms with Crippen LogP contribution in [0, 0.1) is 0 Å². The van der Waals surface area contributed by atoms with Crippen LogP contribution in [-0.4, -0.2) is 68.9 Å². The molecule has 0 aliphatic heterocycles. The third-order valence-corrected chi connectivity index (χ3v) is 6.97. The summed E-state index contributed by atoms with van der Waals surface area (Å²) in [7, 11) is 6.76. The SMILES string of the molecule is C=CCC(O)(CC=C)[C@@H](OCSC(=NC)NC)[C@H](COCc1ccc(OC)cc1)OCc1ccc(OC)cc1. The van der Waals surface area contributed by atoms with Gasteiger partial charge in [-0.15, -0.1) is 13.2 Å². The van der Waals surface area contributed by atoms with Gasteiger partial charge in [0, 0.05) is 14.1 Å². The van der Waals surface area contributed by atoms with Crippen LogP contribution in [0.5, 0.6) is 11.5 Å². The van der Waals surface area contributed by atoms with Crippen molar-refractivity contribution >= 4 is 16.9 Å². The molecule has 0 unspecified atom stereocenters. The molecule has 0 amide bonds. The van der Waals surface area contributed by atoms with Crippen LogP contribution in [0.3, 0.4) is 0 Å². The number of aliphatic hydroxyl groups is 1. The van der Waals surface area contributed by atoms with Crippen LogP contribution in [0.4, 0.5) is 0 Å². The zero-order valence-electron chi connectivity index (χ0n) is 23.4.